The zero-order valence-electron chi connectivity index (χ0n) is 17.7. The maximum Gasteiger partial charge on any atom is 0.348 e. The molecule has 3 N–H and O–H groups in total. The van der Waals surface area contributed by atoms with Crippen LogP contribution in [0.1, 0.15) is 39.7 Å². The van der Waals surface area contributed by atoms with E-state index in [1.165, 1.54) is 7.11 Å². The van der Waals surface area contributed by atoms with Crippen LogP contribution in [-0.2, 0) is 16.1 Å². The number of aryl methyl sites for hydroxylation is 2. The number of rotatable bonds is 7. The SMILES string of the molecule is CCC(Sc1nc2sc(C(=O)OC)c(C)c2c(=O)n1N)C(=O)NCc1ccc(C)cc1. The summed E-state index contributed by atoms with van der Waals surface area (Å²) in [5.41, 5.74) is 2.17. The zero-order valence-corrected chi connectivity index (χ0v) is 19.4. The number of aromatic nitrogens is 2. The van der Waals surface area contributed by atoms with Crippen LogP contribution in [0.4, 0.5) is 0 Å². The number of carbonyl (C=O) groups excluding carboxylic acids is 2. The van der Waals surface area contributed by atoms with E-state index in [1.54, 1.807) is 6.92 Å². The highest BCUT2D eigenvalue weighted by Crippen LogP contribution is 2.30. The molecule has 3 rings (SSSR count). The number of hydrogen-bond donors (Lipinski definition) is 2. The van der Waals surface area contributed by atoms with Gasteiger partial charge in [-0.1, -0.05) is 48.5 Å². The summed E-state index contributed by atoms with van der Waals surface area (Å²) in [7, 11) is 1.28. The van der Waals surface area contributed by atoms with Gasteiger partial charge in [0.1, 0.15) is 9.71 Å². The van der Waals surface area contributed by atoms with Gasteiger partial charge in [-0.2, -0.15) is 0 Å². The number of thioether (sulfide) groups is 1. The number of fused-ring (bicyclic) bond motifs is 1. The Morgan fingerprint density at radius 3 is 2.58 bits per heavy atom. The van der Waals surface area contributed by atoms with Crippen LogP contribution in [-0.4, -0.2) is 33.9 Å². The first kappa shape index (κ1) is 22.8. The molecular formula is C21H24N4O4S2. The topological polar surface area (TPSA) is 116 Å². The standard InChI is InChI=1S/C21H24N4O4S2/c1-5-14(17(26)23-10-13-8-6-11(2)7-9-13)30-21-24-18-15(19(27)25(21)22)12(3)16(31-18)20(28)29-4/h6-9,14H,5,10,22H2,1-4H3,(H,23,26). The van der Waals surface area contributed by atoms with Crippen molar-refractivity contribution in [1.82, 2.24) is 15.0 Å². The van der Waals surface area contributed by atoms with E-state index in [-0.39, 0.29) is 16.4 Å². The lowest BCUT2D eigenvalue weighted by atomic mass is 10.1. The average molecular weight is 461 g/mol. The molecule has 0 saturated heterocycles. The number of amides is 1. The molecule has 1 amide bonds. The van der Waals surface area contributed by atoms with Gasteiger partial charge >= 0.3 is 5.97 Å². The van der Waals surface area contributed by atoms with E-state index in [9.17, 15) is 14.4 Å². The minimum Gasteiger partial charge on any atom is -0.465 e. The summed E-state index contributed by atoms with van der Waals surface area (Å²) in [6.45, 7) is 5.95. The minimum absolute atomic E-state index is 0.167. The Morgan fingerprint density at radius 1 is 1.29 bits per heavy atom. The summed E-state index contributed by atoms with van der Waals surface area (Å²) in [6.07, 6.45) is 0.523. The van der Waals surface area contributed by atoms with Crippen LogP contribution in [0.25, 0.3) is 10.2 Å². The molecule has 10 heteroatoms. The maximum absolute atomic E-state index is 12.8. The Labute approximate surface area is 187 Å². The van der Waals surface area contributed by atoms with E-state index in [0.29, 0.717) is 28.2 Å². The van der Waals surface area contributed by atoms with Crippen LogP contribution in [0, 0.1) is 13.8 Å². The lowest BCUT2D eigenvalue weighted by molar-refractivity contribution is -0.120. The number of carbonyl (C=O) groups is 2. The second-order valence-electron chi connectivity index (χ2n) is 7.02. The number of nitrogens with zero attached hydrogens (tertiary/aromatic N) is 2. The van der Waals surface area contributed by atoms with Crippen molar-refractivity contribution >= 4 is 45.2 Å². The van der Waals surface area contributed by atoms with Gasteiger partial charge in [-0.25, -0.2) is 14.5 Å². The lowest BCUT2D eigenvalue weighted by Crippen LogP contribution is -2.34. The number of ether oxygens (including phenoxy) is 1. The first-order valence-corrected chi connectivity index (χ1v) is 11.4. The molecule has 31 heavy (non-hydrogen) atoms. The third-order valence-electron chi connectivity index (χ3n) is 4.83. The van der Waals surface area contributed by atoms with Crippen LogP contribution < -0.4 is 16.7 Å². The predicted molar refractivity (Wildman–Crippen MR) is 123 cm³/mol. The van der Waals surface area contributed by atoms with Gasteiger partial charge in [-0.15, -0.1) is 11.3 Å². The fourth-order valence-corrected chi connectivity index (χ4v) is 5.11. The summed E-state index contributed by atoms with van der Waals surface area (Å²) < 4.78 is 5.71. The smallest absolute Gasteiger partial charge is 0.348 e. The van der Waals surface area contributed by atoms with Crippen molar-refractivity contribution in [3.8, 4) is 0 Å². The van der Waals surface area contributed by atoms with Gasteiger partial charge in [-0.3, -0.25) is 9.59 Å². The van der Waals surface area contributed by atoms with Gasteiger partial charge in [0, 0.05) is 6.54 Å². The molecule has 2 aromatic heterocycles. The first-order valence-electron chi connectivity index (χ1n) is 9.66. The third kappa shape index (κ3) is 4.75. The van der Waals surface area contributed by atoms with Crippen molar-refractivity contribution in [2.24, 2.45) is 0 Å². The number of nitrogen functional groups attached to an aromatic ring is 1. The highest BCUT2D eigenvalue weighted by atomic mass is 32.2. The fraction of sp³-hybridized carbons (Fsp3) is 0.333. The van der Waals surface area contributed by atoms with Gasteiger partial charge in [-0.05, 0) is 31.4 Å². The second-order valence-corrected chi connectivity index (χ2v) is 9.18. The van der Waals surface area contributed by atoms with Crippen molar-refractivity contribution in [2.45, 2.75) is 44.1 Å². The highest BCUT2D eigenvalue weighted by Gasteiger charge is 2.24. The van der Waals surface area contributed by atoms with Gasteiger partial charge in [0.05, 0.1) is 17.7 Å². The second kappa shape index (κ2) is 9.52. The largest absolute Gasteiger partial charge is 0.465 e. The normalized spacial score (nSPS) is 12.0. The summed E-state index contributed by atoms with van der Waals surface area (Å²) in [5.74, 6) is 5.30. The van der Waals surface area contributed by atoms with E-state index < -0.39 is 16.8 Å². The molecule has 1 aromatic carbocycles. The number of hydrogen-bond acceptors (Lipinski definition) is 8. The Morgan fingerprint density at radius 2 is 1.97 bits per heavy atom. The number of methoxy groups -OCH3 is 1. The van der Waals surface area contributed by atoms with Crippen molar-refractivity contribution < 1.29 is 14.3 Å². The van der Waals surface area contributed by atoms with E-state index in [2.05, 4.69) is 10.3 Å². The number of nitrogens with one attached hydrogen (secondary N) is 1. The molecule has 1 atom stereocenters. The van der Waals surface area contributed by atoms with Crippen molar-refractivity contribution in [3.63, 3.8) is 0 Å². The van der Waals surface area contributed by atoms with Gasteiger partial charge in [0.2, 0.25) is 5.91 Å². The Kier molecular flexibility index (Phi) is 7.01. The van der Waals surface area contributed by atoms with Crippen LogP contribution >= 0.6 is 23.1 Å². The fourth-order valence-electron chi connectivity index (χ4n) is 3.01. The summed E-state index contributed by atoms with van der Waals surface area (Å²) >= 11 is 2.20. The molecule has 0 radical (unpaired) electrons. The van der Waals surface area contributed by atoms with Crippen LogP contribution in [0.3, 0.4) is 0 Å². The molecule has 1 unspecified atom stereocenters. The van der Waals surface area contributed by atoms with Gasteiger partial charge in [0.25, 0.3) is 5.56 Å². The molecule has 0 aliphatic heterocycles. The van der Waals surface area contributed by atoms with Crippen molar-refractivity contribution in [1.29, 1.82) is 0 Å². The van der Waals surface area contributed by atoms with E-state index in [0.717, 1.165) is 38.9 Å². The number of esters is 1. The van der Waals surface area contributed by atoms with Crippen molar-refractivity contribution in [2.75, 3.05) is 13.0 Å². The summed E-state index contributed by atoms with van der Waals surface area (Å²) in [4.78, 5) is 42.7. The molecular weight excluding hydrogens is 436 g/mol. The van der Waals surface area contributed by atoms with Gasteiger partial charge in [0.15, 0.2) is 5.16 Å². The molecule has 0 aliphatic carbocycles. The molecule has 0 saturated carbocycles. The highest BCUT2D eigenvalue weighted by molar-refractivity contribution is 8.00. The summed E-state index contributed by atoms with van der Waals surface area (Å²) in [5, 5.41) is 2.94. The molecule has 0 aliphatic rings. The Bertz CT molecular complexity index is 1180. The lowest BCUT2D eigenvalue weighted by Gasteiger charge is -2.15. The molecule has 2 heterocycles. The average Bonchev–Trinajstić information content (AvgIpc) is 3.10. The maximum atomic E-state index is 12.8. The summed E-state index contributed by atoms with van der Waals surface area (Å²) in [6, 6.07) is 7.92. The molecule has 0 fully saturated rings. The predicted octanol–water partition coefficient (Wildman–Crippen LogP) is 2.76. The first-order chi connectivity index (χ1) is 14.8. The van der Waals surface area contributed by atoms with E-state index >= 15 is 0 Å². The molecule has 8 nitrogen and oxygen atoms in total. The molecule has 164 valence electrons. The zero-order chi connectivity index (χ0) is 22.7. The molecule has 3 aromatic rings. The minimum atomic E-state index is -0.528. The van der Waals surface area contributed by atoms with Crippen LogP contribution in [0.2, 0.25) is 0 Å². The van der Waals surface area contributed by atoms with Crippen LogP contribution in [0.5, 0.6) is 0 Å². The number of thiophene rings is 1. The Balaban J connectivity index is 1.83. The van der Waals surface area contributed by atoms with Crippen LogP contribution in [0.15, 0.2) is 34.2 Å². The molecule has 0 bridgehead atoms. The monoisotopic (exact) mass is 460 g/mol. The Hall–Kier alpha value is -2.85. The van der Waals surface area contributed by atoms with Crippen molar-refractivity contribution in [3.05, 3.63) is 56.2 Å². The number of benzene rings is 1. The number of nitrogens with two attached hydrogens (primary N) is 1. The quantitative estimate of drug-likeness (QED) is 0.241. The van der Waals surface area contributed by atoms with E-state index in [4.69, 9.17) is 10.6 Å². The molecule has 0 spiro atoms. The van der Waals surface area contributed by atoms with Gasteiger partial charge < -0.3 is 15.9 Å². The third-order valence-corrected chi connectivity index (χ3v) is 7.33. The van der Waals surface area contributed by atoms with E-state index in [1.807, 2.05) is 38.1 Å².